The highest BCUT2D eigenvalue weighted by molar-refractivity contribution is 14.1. The quantitative estimate of drug-likeness (QED) is 0.694. The van der Waals surface area contributed by atoms with E-state index in [0.717, 1.165) is 21.1 Å². The van der Waals surface area contributed by atoms with Crippen molar-refractivity contribution in [1.29, 1.82) is 0 Å². The van der Waals surface area contributed by atoms with Gasteiger partial charge >= 0.3 is 0 Å². The molecule has 122 valence electrons. The zero-order chi connectivity index (χ0) is 16.7. The van der Waals surface area contributed by atoms with Crippen LogP contribution in [0.2, 0.25) is 0 Å². The Morgan fingerprint density at radius 2 is 1.83 bits per heavy atom. The fourth-order valence-electron chi connectivity index (χ4n) is 2.26. The molecular weight excluding hydrogens is 405 g/mol. The molecule has 0 aliphatic rings. The second kappa shape index (κ2) is 8.76. The third kappa shape index (κ3) is 5.13. The molecule has 4 nitrogen and oxygen atoms in total. The number of hydrogen-bond acceptors (Lipinski definition) is 3. The molecule has 0 saturated heterocycles. The Balaban J connectivity index is 1.85. The molecule has 0 fully saturated rings. The SMILES string of the molecule is COc1ccc(CCNC(=O)Cc2ccccc2I)cc1OC. The van der Waals surface area contributed by atoms with Crippen molar-refractivity contribution < 1.29 is 14.3 Å². The average molecular weight is 425 g/mol. The van der Waals surface area contributed by atoms with Gasteiger partial charge in [0.2, 0.25) is 5.91 Å². The Morgan fingerprint density at radius 1 is 1.09 bits per heavy atom. The molecule has 0 aliphatic carbocycles. The van der Waals surface area contributed by atoms with Gasteiger partial charge in [0.25, 0.3) is 0 Å². The Labute approximate surface area is 150 Å². The first-order valence-corrected chi connectivity index (χ1v) is 8.43. The number of methoxy groups -OCH3 is 2. The number of halogens is 1. The predicted octanol–water partition coefficient (Wildman–Crippen LogP) is 3.21. The zero-order valence-corrected chi connectivity index (χ0v) is 15.4. The largest absolute Gasteiger partial charge is 0.493 e. The van der Waals surface area contributed by atoms with Gasteiger partial charge in [-0.25, -0.2) is 0 Å². The van der Waals surface area contributed by atoms with Crippen LogP contribution in [0.3, 0.4) is 0 Å². The van der Waals surface area contributed by atoms with E-state index in [1.807, 2.05) is 42.5 Å². The lowest BCUT2D eigenvalue weighted by atomic mass is 10.1. The molecule has 5 heteroatoms. The first-order valence-electron chi connectivity index (χ1n) is 7.35. The number of hydrogen-bond donors (Lipinski definition) is 1. The van der Waals surface area contributed by atoms with E-state index < -0.39 is 0 Å². The molecule has 0 aromatic heterocycles. The van der Waals surface area contributed by atoms with Crippen LogP contribution in [0.15, 0.2) is 42.5 Å². The van der Waals surface area contributed by atoms with Crippen LogP contribution in [-0.4, -0.2) is 26.7 Å². The van der Waals surface area contributed by atoms with Crippen molar-refractivity contribution >= 4 is 28.5 Å². The first-order chi connectivity index (χ1) is 11.1. The fraction of sp³-hybridized carbons (Fsp3) is 0.278. The van der Waals surface area contributed by atoms with Crippen molar-refractivity contribution in [3.63, 3.8) is 0 Å². The minimum Gasteiger partial charge on any atom is -0.493 e. The maximum absolute atomic E-state index is 12.0. The van der Waals surface area contributed by atoms with Crippen LogP contribution in [0.5, 0.6) is 11.5 Å². The fourth-order valence-corrected chi connectivity index (χ4v) is 2.84. The standard InChI is InChI=1S/C18H20INO3/c1-22-16-8-7-13(11-17(16)23-2)9-10-20-18(21)12-14-5-3-4-6-15(14)19/h3-8,11H,9-10,12H2,1-2H3,(H,20,21). The minimum atomic E-state index is 0.0367. The molecule has 2 aromatic rings. The molecule has 0 radical (unpaired) electrons. The summed E-state index contributed by atoms with van der Waals surface area (Å²) in [5.74, 6) is 1.45. The molecule has 0 saturated carbocycles. The van der Waals surface area contributed by atoms with Gasteiger partial charge in [-0.1, -0.05) is 24.3 Å². The second-order valence-corrected chi connectivity index (χ2v) is 6.22. The number of benzene rings is 2. The summed E-state index contributed by atoms with van der Waals surface area (Å²) in [6.07, 6.45) is 1.16. The van der Waals surface area contributed by atoms with Gasteiger partial charge in [-0.3, -0.25) is 4.79 Å². The van der Waals surface area contributed by atoms with Gasteiger partial charge in [-0.05, 0) is 58.3 Å². The van der Waals surface area contributed by atoms with Crippen molar-refractivity contribution in [2.45, 2.75) is 12.8 Å². The maximum Gasteiger partial charge on any atom is 0.224 e. The Kier molecular flexibility index (Phi) is 6.70. The molecule has 2 rings (SSSR count). The smallest absolute Gasteiger partial charge is 0.224 e. The summed E-state index contributed by atoms with van der Waals surface area (Å²) < 4.78 is 11.6. The maximum atomic E-state index is 12.0. The average Bonchev–Trinajstić information content (AvgIpc) is 2.56. The molecule has 2 aromatic carbocycles. The lowest BCUT2D eigenvalue weighted by molar-refractivity contribution is -0.120. The van der Waals surface area contributed by atoms with Crippen molar-refractivity contribution in [1.82, 2.24) is 5.32 Å². The minimum absolute atomic E-state index is 0.0367. The molecule has 1 N–H and O–H groups in total. The van der Waals surface area contributed by atoms with E-state index in [0.29, 0.717) is 24.5 Å². The van der Waals surface area contributed by atoms with Crippen LogP contribution in [0, 0.1) is 3.57 Å². The summed E-state index contributed by atoms with van der Waals surface area (Å²) in [6, 6.07) is 13.7. The van der Waals surface area contributed by atoms with Crippen LogP contribution >= 0.6 is 22.6 Å². The highest BCUT2D eigenvalue weighted by atomic mass is 127. The number of amides is 1. The molecule has 23 heavy (non-hydrogen) atoms. The third-order valence-electron chi connectivity index (χ3n) is 3.49. The van der Waals surface area contributed by atoms with E-state index in [-0.39, 0.29) is 5.91 Å². The van der Waals surface area contributed by atoms with E-state index in [9.17, 15) is 4.79 Å². The topological polar surface area (TPSA) is 47.6 Å². The Morgan fingerprint density at radius 3 is 2.52 bits per heavy atom. The van der Waals surface area contributed by atoms with E-state index in [2.05, 4.69) is 27.9 Å². The molecule has 0 spiro atoms. The van der Waals surface area contributed by atoms with Crippen LogP contribution in [0.1, 0.15) is 11.1 Å². The summed E-state index contributed by atoms with van der Waals surface area (Å²) in [5, 5.41) is 2.96. The summed E-state index contributed by atoms with van der Waals surface area (Å²) in [7, 11) is 3.23. The lowest BCUT2D eigenvalue weighted by Gasteiger charge is -2.10. The van der Waals surface area contributed by atoms with E-state index in [4.69, 9.17) is 9.47 Å². The number of rotatable bonds is 7. The number of carbonyl (C=O) groups excluding carboxylic acids is 1. The number of nitrogens with one attached hydrogen (secondary N) is 1. The predicted molar refractivity (Wildman–Crippen MR) is 99.1 cm³/mol. The highest BCUT2D eigenvalue weighted by Crippen LogP contribution is 2.27. The second-order valence-electron chi connectivity index (χ2n) is 5.06. The number of carbonyl (C=O) groups is 1. The molecule has 1 amide bonds. The van der Waals surface area contributed by atoms with Crippen molar-refractivity contribution in [2.75, 3.05) is 20.8 Å². The van der Waals surface area contributed by atoms with Crippen LogP contribution in [-0.2, 0) is 17.6 Å². The molecular formula is C18H20INO3. The summed E-state index contributed by atoms with van der Waals surface area (Å²) in [4.78, 5) is 12.0. The van der Waals surface area contributed by atoms with Gasteiger partial charge in [-0.2, -0.15) is 0 Å². The van der Waals surface area contributed by atoms with Crippen LogP contribution in [0.25, 0.3) is 0 Å². The Hall–Kier alpha value is -1.76. The molecule has 0 aliphatic heterocycles. The van der Waals surface area contributed by atoms with E-state index in [1.165, 1.54) is 0 Å². The van der Waals surface area contributed by atoms with Crippen LogP contribution < -0.4 is 14.8 Å². The molecule has 0 heterocycles. The van der Waals surface area contributed by atoms with Crippen molar-refractivity contribution in [2.24, 2.45) is 0 Å². The lowest BCUT2D eigenvalue weighted by Crippen LogP contribution is -2.27. The van der Waals surface area contributed by atoms with Gasteiger partial charge in [0.1, 0.15) is 0 Å². The molecule has 0 bridgehead atoms. The molecule has 0 unspecified atom stereocenters. The van der Waals surface area contributed by atoms with Gasteiger partial charge < -0.3 is 14.8 Å². The van der Waals surface area contributed by atoms with Gasteiger partial charge in [-0.15, -0.1) is 0 Å². The number of ether oxygens (including phenoxy) is 2. The summed E-state index contributed by atoms with van der Waals surface area (Å²) in [6.45, 7) is 0.595. The van der Waals surface area contributed by atoms with Gasteiger partial charge in [0.05, 0.1) is 20.6 Å². The van der Waals surface area contributed by atoms with E-state index >= 15 is 0 Å². The van der Waals surface area contributed by atoms with E-state index in [1.54, 1.807) is 14.2 Å². The normalized spacial score (nSPS) is 10.2. The molecule has 0 atom stereocenters. The monoisotopic (exact) mass is 425 g/mol. The highest BCUT2D eigenvalue weighted by Gasteiger charge is 2.07. The Bertz CT molecular complexity index is 673. The summed E-state index contributed by atoms with van der Waals surface area (Å²) >= 11 is 2.25. The van der Waals surface area contributed by atoms with Crippen molar-refractivity contribution in [3.05, 3.63) is 57.2 Å². The third-order valence-corrected chi connectivity index (χ3v) is 4.55. The van der Waals surface area contributed by atoms with Crippen molar-refractivity contribution in [3.8, 4) is 11.5 Å². The zero-order valence-electron chi connectivity index (χ0n) is 13.3. The van der Waals surface area contributed by atoms with Gasteiger partial charge in [0, 0.05) is 10.1 Å². The van der Waals surface area contributed by atoms with Crippen LogP contribution in [0.4, 0.5) is 0 Å². The first kappa shape index (κ1) is 17.6. The van der Waals surface area contributed by atoms with Gasteiger partial charge in [0.15, 0.2) is 11.5 Å². The summed E-state index contributed by atoms with van der Waals surface area (Å²) in [5.41, 5.74) is 2.15.